The van der Waals surface area contributed by atoms with Crippen LogP contribution in [0.1, 0.15) is 63.4 Å². The second-order valence-corrected chi connectivity index (χ2v) is 9.07. The van der Waals surface area contributed by atoms with Crippen LogP contribution in [0.25, 0.3) is 0 Å². The van der Waals surface area contributed by atoms with Crippen LogP contribution in [0.3, 0.4) is 0 Å². The van der Waals surface area contributed by atoms with Gasteiger partial charge in [-0.05, 0) is 43.2 Å². The van der Waals surface area contributed by atoms with Crippen molar-refractivity contribution in [3.05, 3.63) is 23.8 Å². The molecule has 0 atom stereocenters. The van der Waals surface area contributed by atoms with Gasteiger partial charge in [-0.1, -0.05) is 31.7 Å². The second-order valence-electron chi connectivity index (χ2n) is 9.07. The summed E-state index contributed by atoms with van der Waals surface area (Å²) in [5, 5.41) is 2.79. The number of unbranched alkanes of at least 4 members (excludes halogenated alkanes) is 3. The number of aliphatic imine (C=N–C) groups is 1. The van der Waals surface area contributed by atoms with Crippen molar-refractivity contribution in [3.63, 3.8) is 0 Å². The molecule has 7 heteroatoms. The molecule has 2 amide bonds. The van der Waals surface area contributed by atoms with E-state index in [2.05, 4.69) is 10.3 Å². The lowest BCUT2D eigenvalue weighted by atomic mass is 10.1. The highest BCUT2D eigenvalue weighted by molar-refractivity contribution is 6.05. The van der Waals surface area contributed by atoms with E-state index >= 15 is 0 Å². The Morgan fingerprint density at radius 1 is 1.19 bits per heavy atom. The maximum atomic E-state index is 12.3. The number of benzene rings is 1. The fourth-order valence-electron chi connectivity index (χ4n) is 4.71. The van der Waals surface area contributed by atoms with Crippen molar-refractivity contribution >= 4 is 23.5 Å². The van der Waals surface area contributed by atoms with E-state index in [0.717, 1.165) is 55.1 Å². The van der Waals surface area contributed by atoms with E-state index in [9.17, 15) is 9.59 Å². The molecule has 1 N–H and O–H groups in total. The number of ether oxygens (including phenoxy) is 1. The molecule has 1 aliphatic carbocycles. The molecule has 0 bridgehead atoms. The maximum absolute atomic E-state index is 12.3. The van der Waals surface area contributed by atoms with Crippen LogP contribution in [0.4, 0.5) is 5.69 Å². The third-order valence-corrected chi connectivity index (χ3v) is 6.52. The summed E-state index contributed by atoms with van der Waals surface area (Å²) in [7, 11) is 1.95. The zero-order valence-electron chi connectivity index (χ0n) is 18.6. The molecule has 1 saturated carbocycles. The Morgan fingerprint density at radius 2 is 2.00 bits per heavy atom. The minimum atomic E-state index is -0.00909. The molecule has 1 saturated heterocycles. The first kappa shape index (κ1) is 21.7. The van der Waals surface area contributed by atoms with Crippen molar-refractivity contribution in [1.29, 1.82) is 0 Å². The summed E-state index contributed by atoms with van der Waals surface area (Å²) in [4.78, 5) is 32.2. The first-order valence-corrected chi connectivity index (χ1v) is 11.7. The molecule has 1 aromatic carbocycles. The summed E-state index contributed by atoms with van der Waals surface area (Å²) < 4.78 is 5.90. The number of rotatable bonds is 10. The summed E-state index contributed by atoms with van der Waals surface area (Å²) in [6.45, 7) is 2.66. The number of nitrogens with zero attached hydrogens (tertiary/aromatic N) is 3. The third-order valence-electron chi connectivity index (χ3n) is 6.52. The summed E-state index contributed by atoms with van der Waals surface area (Å²) in [6, 6.07) is 5.95. The predicted molar refractivity (Wildman–Crippen MR) is 120 cm³/mol. The molecule has 4 rings (SSSR count). The van der Waals surface area contributed by atoms with Crippen molar-refractivity contribution in [1.82, 2.24) is 15.1 Å². The Balaban J connectivity index is 1.10. The van der Waals surface area contributed by atoms with Gasteiger partial charge in [0.1, 0.15) is 12.3 Å². The van der Waals surface area contributed by atoms with E-state index in [1.165, 1.54) is 25.7 Å². The largest absolute Gasteiger partial charge is 0.494 e. The number of hydrogen-bond acceptors (Lipinski definition) is 5. The lowest BCUT2D eigenvalue weighted by molar-refractivity contribution is -0.130. The van der Waals surface area contributed by atoms with Crippen molar-refractivity contribution in [2.75, 3.05) is 26.7 Å². The summed E-state index contributed by atoms with van der Waals surface area (Å²) in [5.41, 5.74) is 1.97. The standard InChI is InChI=1S/C24H34N4O3/c1-27(15-18-8-5-6-9-18)23(30)10-4-2-3-7-13-31-20-12-11-19-16-28-17-22(29)26-24(28)25-21(19)14-20/h11-12,14,18H,2-10,13,15-17H2,1H3,(H,25,26,29). The number of amides is 2. The van der Waals surface area contributed by atoms with Crippen LogP contribution in [0, 0.1) is 5.92 Å². The number of hydrogen-bond donors (Lipinski definition) is 1. The van der Waals surface area contributed by atoms with Gasteiger partial charge in [-0.3, -0.25) is 14.9 Å². The Kier molecular flexibility index (Phi) is 7.10. The molecule has 0 spiro atoms. The first-order valence-electron chi connectivity index (χ1n) is 11.7. The molecule has 2 aliphatic heterocycles. The average Bonchev–Trinajstić information content (AvgIpc) is 3.39. The van der Waals surface area contributed by atoms with Crippen molar-refractivity contribution in [2.45, 2.75) is 64.3 Å². The lowest BCUT2D eigenvalue weighted by Gasteiger charge is -2.23. The third kappa shape index (κ3) is 5.77. The molecule has 2 heterocycles. The Labute approximate surface area is 184 Å². The van der Waals surface area contributed by atoms with Crippen molar-refractivity contribution in [2.24, 2.45) is 10.9 Å². The monoisotopic (exact) mass is 426 g/mol. The molecule has 168 valence electrons. The maximum Gasteiger partial charge on any atom is 0.246 e. The van der Waals surface area contributed by atoms with Gasteiger partial charge in [0.2, 0.25) is 17.8 Å². The van der Waals surface area contributed by atoms with E-state index in [0.29, 0.717) is 32.1 Å². The van der Waals surface area contributed by atoms with Gasteiger partial charge in [-0.2, -0.15) is 0 Å². The average molecular weight is 427 g/mol. The minimum Gasteiger partial charge on any atom is -0.494 e. The molecule has 2 fully saturated rings. The van der Waals surface area contributed by atoms with Crippen LogP contribution >= 0.6 is 0 Å². The lowest BCUT2D eigenvalue weighted by Crippen LogP contribution is -2.31. The number of carbonyl (C=O) groups excluding carboxylic acids is 2. The number of nitrogens with one attached hydrogen (secondary N) is 1. The van der Waals surface area contributed by atoms with Crippen molar-refractivity contribution < 1.29 is 14.3 Å². The zero-order valence-corrected chi connectivity index (χ0v) is 18.6. The molecule has 31 heavy (non-hydrogen) atoms. The molecular weight excluding hydrogens is 392 g/mol. The van der Waals surface area contributed by atoms with Gasteiger partial charge < -0.3 is 14.5 Å². The molecular formula is C24H34N4O3. The van der Waals surface area contributed by atoms with Crippen LogP contribution < -0.4 is 10.1 Å². The summed E-state index contributed by atoms with van der Waals surface area (Å²) in [5.74, 6) is 2.45. The number of fused-ring (bicyclic) bond motifs is 2. The highest BCUT2D eigenvalue weighted by Gasteiger charge is 2.29. The van der Waals surface area contributed by atoms with Crippen LogP contribution in [0.15, 0.2) is 23.2 Å². The van der Waals surface area contributed by atoms with E-state index in [1.807, 2.05) is 35.0 Å². The molecule has 7 nitrogen and oxygen atoms in total. The normalized spacial score (nSPS) is 17.8. The smallest absolute Gasteiger partial charge is 0.246 e. The molecule has 0 radical (unpaired) electrons. The van der Waals surface area contributed by atoms with Crippen LogP contribution in [0.2, 0.25) is 0 Å². The highest BCUT2D eigenvalue weighted by Crippen LogP contribution is 2.31. The Hall–Kier alpha value is -2.57. The summed E-state index contributed by atoms with van der Waals surface area (Å²) in [6.07, 6.45) is 9.91. The molecule has 3 aliphatic rings. The van der Waals surface area contributed by atoms with Crippen LogP contribution in [-0.4, -0.2) is 54.3 Å². The Morgan fingerprint density at radius 3 is 2.84 bits per heavy atom. The van der Waals surface area contributed by atoms with Gasteiger partial charge in [0.15, 0.2) is 0 Å². The van der Waals surface area contributed by atoms with E-state index in [4.69, 9.17) is 4.74 Å². The second kappa shape index (κ2) is 10.2. The van der Waals surface area contributed by atoms with Gasteiger partial charge in [0.05, 0.1) is 12.3 Å². The molecule has 0 unspecified atom stereocenters. The van der Waals surface area contributed by atoms with E-state index in [-0.39, 0.29) is 11.8 Å². The van der Waals surface area contributed by atoms with Crippen LogP contribution in [-0.2, 0) is 16.1 Å². The SMILES string of the molecule is CN(CC1CCCC1)C(=O)CCCCCCOc1ccc2c(c1)N=C1NC(=O)CN1C2. The van der Waals surface area contributed by atoms with Gasteiger partial charge in [0, 0.05) is 32.6 Å². The molecule has 1 aromatic rings. The fraction of sp³-hybridized carbons (Fsp3) is 0.625. The summed E-state index contributed by atoms with van der Waals surface area (Å²) >= 11 is 0. The van der Waals surface area contributed by atoms with Crippen molar-refractivity contribution in [3.8, 4) is 5.75 Å². The first-order chi connectivity index (χ1) is 15.1. The van der Waals surface area contributed by atoms with Gasteiger partial charge in [0.25, 0.3) is 0 Å². The van der Waals surface area contributed by atoms with Crippen LogP contribution in [0.5, 0.6) is 5.75 Å². The van der Waals surface area contributed by atoms with E-state index < -0.39 is 0 Å². The molecule has 0 aromatic heterocycles. The highest BCUT2D eigenvalue weighted by atomic mass is 16.5. The van der Waals surface area contributed by atoms with Gasteiger partial charge in [-0.25, -0.2) is 4.99 Å². The number of guanidine groups is 1. The number of carbonyl (C=O) groups is 2. The fourth-order valence-corrected chi connectivity index (χ4v) is 4.71. The van der Waals surface area contributed by atoms with Gasteiger partial charge in [-0.15, -0.1) is 0 Å². The van der Waals surface area contributed by atoms with E-state index in [1.54, 1.807) is 0 Å². The van der Waals surface area contributed by atoms with Gasteiger partial charge >= 0.3 is 0 Å². The quantitative estimate of drug-likeness (QED) is 0.580. The Bertz CT molecular complexity index is 832. The predicted octanol–water partition coefficient (Wildman–Crippen LogP) is 3.60. The topological polar surface area (TPSA) is 74.2 Å². The minimum absolute atomic E-state index is 0.00909. The zero-order chi connectivity index (χ0) is 21.6.